The monoisotopic (exact) mass is 297 g/mol. The van der Waals surface area contributed by atoms with Crippen LogP contribution in [-0.2, 0) is 4.79 Å². The van der Waals surface area contributed by atoms with Crippen molar-refractivity contribution in [1.82, 2.24) is 5.32 Å². The third kappa shape index (κ3) is 3.95. The highest BCUT2D eigenvalue weighted by atomic mass is 16.3. The number of benzene rings is 2. The summed E-state index contributed by atoms with van der Waals surface area (Å²) in [6, 6.07) is 18.9. The van der Waals surface area contributed by atoms with Gasteiger partial charge in [0.1, 0.15) is 0 Å². The number of amides is 1. The number of hydrogen-bond donors (Lipinski definition) is 2. The van der Waals surface area contributed by atoms with Gasteiger partial charge in [0.2, 0.25) is 5.91 Å². The quantitative estimate of drug-likeness (QED) is 0.859. The van der Waals surface area contributed by atoms with E-state index in [0.717, 1.165) is 11.1 Å². The van der Waals surface area contributed by atoms with Crippen molar-refractivity contribution in [2.45, 2.75) is 25.8 Å². The predicted molar refractivity (Wildman–Crippen MR) is 88.4 cm³/mol. The number of rotatable bonds is 6. The van der Waals surface area contributed by atoms with Crippen molar-refractivity contribution in [1.29, 1.82) is 0 Å². The molecule has 0 saturated carbocycles. The number of aliphatic hydroxyl groups is 1. The lowest BCUT2D eigenvalue weighted by molar-refractivity contribution is -0.124. The van der Waals surface area contributed by atoms with Gasteiger partial charge in [0.15, 0.2) is 0 Å². The van der Waals surface area contributed by atoms with E-state index >= 15 is 0 Å². The topological polar surface area (TPSA) is 49.3 Å². The molecular formula is C19H23NO2. The number of nitrogens with one attached hydrogen (secondary N) is 1. The van der Waals surface area contributed by atoms with Crippen molar-refractivity contribution in [3.8, 4) is 0 Å². The summed E-state index contributed by atoms with van der Waals surface area (Å²) in [5.74, 6) is -0.0967. The summed E-state index contributed by atoms with van der Waals surface area (Å²) in [7, 11) is 0. The molecule has 0 aliphatic heterocycles. The molecular weight excluding hydrogens is 274 g/mol. The van der Waals surface area contributed by atoms with E-state index in [1.54, 1.807) is 0 Å². The summed E-state index contributed by atoms with van der Waals surface area (Å²) >= 11 is 0. The maximum absolute atomic E-state index is 12.7. The van der Waals surface area contributed by atoms with Gasteiger partial charge in [-0.1, -0.05) is 74.5 Å². The Labute approximate surface area is 132 Å². The molecule has 3 nitrogen and oxygen atoms in total. The Hall–Kier alpha value is -2.13. The molecule has 22 heavy (non-hydrogen) atoms. The second-order valence-corrected chi connectivity index (χ2v) is 5.79. The molecule has 2 N–H and O–H groups in total. The third-order valence-electron chi connectivity index (χ3n) is 3.81. The maximum atomic E-state index is 12.7. The zero-order chi connectivity index (χ0) is 15.9. The molecule has 116 valence electrons. The van der Waals surface area contributed by atoms with E-state index in [1.807, 2.05) is 74.5 Å². The summed E-state index contributed by atoms with van der Waals surface area (Å²) in [5, 5.41) is 12.6. The molecule has 0 fully saturated rings. The Morgan fingerprint density at radius 1 is 0.955 bits per heavy atom. The first kappa shape index (κ1) is 16.2. The Kier molecular flexibility index (Phi) is 5.73. The van der Waals surface area contributed by atoms with Gasteiger partial charge in [-0.25, -0.2) is 0 Å². The van der Waals surface area contributed by atoms with Crippen LogP contribution in [-0.4, -0.2) is 17.6 Å². The van der Waals surface area contributed by atoms with Crippen LogP contribution in [0.1, 0.15) is 36.9 Å². The summed E-state index contributed by atoms with van der Waals surface area (Å²) in [4.78, 5) is 12.7. The highest BCUT2D eigenvalue weighted by Gasteiger charge is 2.26. The largest absolute Gasteiger partial charge is 0.394 e. The number of aliphatic hydroxyl groups excluding tert-OH is 1. The minimum absolute atomic E-state index is 0.0518. The van der Waals surface area contributed by atoms with Gasteiger partial charge in [-0.05, 0) is 17.0 Å². The standard InChI is InChI=1S/C19H23NO2/c1-14(2)18(16-11-7-4-8-12-16)19(22)20-17(13-21)15-9-5-3-6-10-15/h3-12,14,17-18,21H,13H2,1-2H3,(H,20,22)/t17-,18?/m1/s1. The molecule has 1 amide bonds. The van der Waals surface area contributed by atoms with Crippen molar-refractivity contribution < 1.29 is 9.90 Å². The Balaban J connectivity index is 2.18. The van der Waals surface area contributed by atoms with Gasteiger partial charge in [0, 0.05) is 0 Å². The molecule has 0 bridgehead atoms. The molecule has 1 unspecified atom stereocenters. The molecule has 2 aromatic rings. The van der Waals surface area contributed by atoms with Crippen LogP contribution in [0.5, 0.6) is 0 Å². The fraction of sp³-hybridized carbons (Fsp3) is 0.316. The zero-order valence-electron chi connectivity index (χ0n) is 13.1. The minimum atomic E-state index is -0.376. The van der Waals surface area contributed by atoms with E-state index in [-0.39, 0.29) is 30.4 Å². The number of carbonyl (C=O) groups excluding carboxylic acids is 1. The normalized spacial score (nSPS) is 13.6. The van der Waals surface area contributed by atoms with Gasteiger partial charge >= 0.3 is 0 Å². The van der Waals surface area contributed by atoms with Crippen LogP contribution in [0.25, 0.3) is 0 Å². The Morgan fingerprint density at radius 3 is 1.91 bits per heavy atom. The molecule has 0 saturated heterocycles. The fourth-order valence-electron chi connectivity index (χ4n) is 2.68. The fourth-order valence-corrected chi connectivity index (χ4v) is 2.68. The second kappa shape index (κ2) is 7.76. The first-order valence-electron chi connectivity index (χ1n) is 7.64. The van der Waals surface area contributed by atoms with Gasteiger partial charge in [0.05, 0.1) is 18.6 Å². The van der Waals surface area contributed by atoms with Crippen LogP contribution in [0.15, 0.2) is 60.7 Å². The van der Waals surface area contributed by atoms with Gasteiger partial charge in [-0.2, -0.15) is 0 Å². The summed E-state index contributed by atoms with van der Waals surface area (Å²) in [6.07, 6.45) is 0. The first-order chi connectivity index (χ1) is 10.6. The smallest absolute Gasteiger partial charge is 0.228 e. The second-order valence-electron chi connectivity index (χ2n) is 5.79. The lowest BCUT2D eigenvalue weighted by atomic mass is 9.87. The third-order valence-corrected chi connectivity index (χ3v) is 3.81. The molecule has 0 aromatic heterocycles. The molecule has 3 heteroatoms. The average Bonchev–Trinajstić information content (AvgIpc) is 2.54. The van der Waals surface area contributed by atoms with E-state index in [1.165, 1.54) is 0 Å². The van der Waals surface area contributed by atoms with Crippen LogP contribution in [0, 0.1) is 5.92 Å². The van der Waals surface area contributed by atoms with Crippen molar-refractivity contribution in [3.05, 3.63) is 71.8 Å². The minimum Gasteiger partial charge on any atom is -0.394 e. The molecule has 2 atom stereocenters. The SMILES string of the molecule is CC(C)C(C(=O)N[C@H](CO)c1ccccc1)c1ccccc1. The average molecular weight is 297 g/mol. The molecule has 0 aliphatic carbocycles. The lowest BCUT2D eigenvalue weighted by Crippen LogP contribution is -2.36. The highest BCUT2D eigenvalue weighted by Crippen LogP contribution is 2.25. The lowest BCUT2D eigenvalue weighted by Gasteiger charge is -2.24. The number of hydrogen-bond acceptors (Lipinski definition) is 2. The molecule has 2 aromatic carbocycles. The van der Waals surface area contributed by atoms with E-state index < -0.39 is 0 Å². The van der Waals surface area contributed by atoms with Gasteiger partial charge < -0.3 is 10.4 Å². The van der Waals surface area contributed by atoms with Crippen molar-refractivity contribution in [2.75, 3.05) is 6.61 Å². The van der Waals surface area contributed by atoms with Gasteiger partial charge in [-0.15, -0.1) is 0 Å². The molecule has 0 heterocycles. The van der Waals surface area contributed by atoms with Crippen LogP contribution in [0.3, 0.4) is 0 Å². The van der Waals surface area contributed by atoms with Crippen LogP contribution >= 0.6 is 0 Å². The molecule has 0 spiro atoms. The number of carbonyl (C=O) groups is 1. The summed E-state index contributed by atoms with van der Waals surface area (Å²) in [6.45, 7) is 3.96. The zero-order valence-corrected chi connectivity index (χ0v) is 13.1. The summed E-state index contributed by atoms with van der Waals surface area (Å²) < 4.78 is 0. The van der Waals surface area contributed by atoms with E-state index in [0.29, 0.717) is 0 Å². The molecule has 2 rings (SSSR count). The van der Waals surface area contributed by atoms with Gasteiger partial charge in [0.25, 0.3) is 0 Å². The molecule has 0 radical (unpaired) electrons. The first-order valence-corrected chi connectivity index (χ1v) is 7.64. The Bertz CT molecular complexity index is 581. The summed E-state index contributed by atoms with van der Waals surface area (Å²) in [5.41, 5.74) is 1.91. The van der Waals surface area contributed by atoms with Crippen LogP contribution in [0.2, 0.25) is 0 Å². The van der Waals surface area contributed by atoms with Crippen molar-refractivity contribution >= 4 is 5.91 Å². The van der Waals surface area contributed by atoms with Crippen molar-refractivity contribution in [3.63, 3.8) is 0 Å². The Morgan fingerprint density at radius 2 is 1.45 bits per heavy atom. The van der Waals surface area contributed by atoms with E-state index in [9.17, 15) is 9.90 Å². The van der Waals surface area contributed by atoms with Crippen molar-refractivity contribution in [2.24, 2.45) is 5.92 Å². The highest BCUT2D eigenvalue weighted by molar-refractivity contribution is 5.84. The van der Waals surface area contributed by atoms with E-state index in [2.05, 4.69) is 5.32 Å². The maximum Gasteiger partial charge on any atom is 0.228 e. The van der Waals surface area contributed by atoms with Gasteiger partial charge in [-0.3, -0.25) is 4.79 Å². The molecule has 0 aliphatic rings. The van der Waals surface area contributed by atoms with Crippen LogP contribution in [0.4, 0.5) is 0 Å². The predicted octanol–water partition coefficient (Wildman–Crippen LogP) is 3.28. The van der Waals surface area contributed by atoms with Crippen LogP contribution < -0.4 is 5.32 Å². The van der Waals surface area contributed by atoms with E-state index in [4.69, 9.17) is 0 Å².